The van der Waals surface area contributed by atoms with Gasteiger partial charge in [-0.15, -0.1) is 0 Å². The van der Waals surface area contributed by atoms with E-state index in [4.69, 9.17) is 32.7 Å². The van der Waals surface area contributed by atoms with Gasteiger partial charge in [0.1, 0.15) is 24.1 Å². The molecule has 3 N–H and O–H groups in total. The highest BCUT2D eigenvalue weighted by atomic mass is 35.5. The first-order valence-electron chi connectivity index (χ1n) is 13.8. The zero-order valence-electron chi connectivity index (χ0n) is 24.2. The molecule has 0 unspecified atom stereocenters. The molecular formula is C29H34Cl2F3N5O4. The second kappa shape index (κ2) is 13.5. The zero-order chi connectivity index (χ0) is 31.5. The second-order valence-electron chi connectivity index (χ2n) is 11.3. The molecule has 4 rings (SSSR count). The highest BCUT2D eigenvalue weighted by molar-refractivity contribution is 6.39. The second-order valence-corrected chi connectivity index (χ2v) is 12.1. The molecule has 234 valence electrons. The Morgan fingerprint density at radius 3 is 2.49 bits per heavy atom. The van der Waals surface area contributed by atoms with Crippen molar-refractivity contribution >= 4 is 57.9 Å². The first-order chi connectivity index (χ1) is 20.2. The van der Waals surface area contributed by atoms with Gasteiger partial charge in [-0.3, -0.25) is 4.79 Å². The minimum absolute atomic E-state index is 0.0338. The maximum atomic E-state index is 13.6. The summed E-state index contributed by atoms with van der Waals surface area (Å²) >= 11 is 13.1. The number of alkyl halides is 3. The molecule has 0 atom stereocenters. The molecule has 43 heavy (non-hydrogen) atoms. The van der Waals surface area contributed by atoms with Crippen LogP contribution in [0.25, 0.3) is 11.0 Å². The maximum Gasteiger partial charge on any atom is 0.407 e. The van der Waals surface area contributed by atoms with E-state index in [1.165, 1.54) is 12.1 Å². The fourth-order valence-corrected chi connectivity index (χ4v) is 5.21. The number of halogens is 5. The van der Waals surface area contributed by atoms with Gasteiger partial charge in [-0.25, -0.2) is 22.9 Å². The number of anilines is 2. The third kappa shape index (κ3) is 8.38. The lowest BCUT2D eigenvalue weighted by atomic mass is 9.94. The van der Waals surface area contributed by atoms with E-state index >= 15 is 0 Å². The summed E-state index contributed by atoms with van der Waals surface area (Å²) in [7, 11) is 1.68. The largest absolute Gasteiger partial charge is 0.487 e. The van der Waals surface area contributed by atoms with Crippen molar-refractivity contribution in [1.82, 2.24) is 20.2 Å². The Hall–Kier alpha value is -3.38. The molecule has 1 heterocycles. The molecule has 1 fully saturated rings. The molecule has 1 aliphatic carbocycles. The van der Waals surface area contributed by atoms with Gasteiger partial charge >= 0.3 is 6.09 Å². The predicted molar refractivity (Wildman–Crippen MR) is 160 cm³/mol. The number of amides is 2. The van der Waals surface area contributed by atoms with Gasteiger partial charge in [0, 0.05) is 25.7 Å². The van der Waals surface area contributed by atoms with Gasteiger partial charge in [-0.05, 0) is 64.2 Å². The SMILES string of the molecule is Cn1c(Nc2c(Cl)ccc(CNC(=O)OC(C)(C)C)c2Cl)nc2cc(C(=O)NC3CCC(F)CC3)c(OCC(F)F)cc21. The molecule has 0 spiro atoms. The number of carbonyl (C=O) groups excluding carboxylic acids is 2. The van der Waals surface area contributed by atoms with E-state index in [1.807, 2.05) is 0 Å². The molecule has 0 radical (unpaired) electrons. The van der Waals surface area contributed by atoms with E-state index in [9.17, 15) is 22.8 Å². The van der Waals surface area contributed by atoms with Crippen molar-refractivity contribution in [2.45, 2.75) is 77.2 Å². The number of fused-ring (bicyclic) bond motifs is 1. The molecule has 2 amide bonds. The van der Waals surface area contributed by atoms with Crippen LogP contribution in [0.3, 0.4) is 0 Å². The Kier molecular flexibility index (Phi) is 10.2. The van der Waals surface area contributed by atoms with Gasteiger partial charge < -0.3 is 30.0 Å². The summed E-state index contributed by atoms with van der Waals surface area (Å²) in [6.45, 7) is 4.42. The Morgan fingerprint density at radius 1 is 1.14 bits per heavy atom. The molecular weight excluding hydrogens is 610 g/mol. The highest BCUT2D eigenvalue weighted by Gasteiger charge is 2.25. The van der Waals surface area contributed by atoms with Crippen LogP contribution in [0.4, 0.5) is 29.6 Å². The molecule has 1 saturated carbocycles. The van der Waals surface area contributed by atoms with Crippen LogP contribution in [0, 0.1) is 0 Å². The van der Waals surface area contributed by atoms with Gasteiger partial charge in [0.25, 0.3) is 12.3 Å². The van der Waals surface area contributed by atoms with Gasteiger partial charge in [0.2, 0.25) is 5.95 Å². The predicted octanol–water partition coefficient (Wildman–Crippen LogP) is 7.30. The topological polar surface area (TPSA) is 107 Å². The normalized spacial score (nSPS) is 17.2. The van der Waals surface area contributed by atoms with Crippen LogP contribution in [0.1, 0.15) is 62.4 Å². The van der Waals surface area contributed by atoms with Gasteiger partial charge in [-0.1, -0.05) is 29.3 Å². The quantitative estimate of drug-likeness (QED) is 0.226. The standard InChI is InChI=1S/C29H34Cl2F3N5O4/c1-29(2,3)43-28(41)35-13-15-5-10-19(30)25(24(15)31)38-27-37-20-11-18(26(40)36-17-8-6-16(32)7-9-17)22(42-14-23(33)34)12-21(20)39(27)4/h5,10-12,16-17,23H,6-9,13-14H2,1-4H3,(H,35,41)(H,36,40)(H,37,38). The summed E-state index contributed by atoms with van der Waals surface area (Å²) in [5, 5.41) is 9.13. The Morgan fingerprint density at radius 2 is 1.84 bits per heavy atom. The number of imidazole rings is 1. The number of nitrogens with zero attached hydrogens (tertiary/aromatic N) is 2. The van der Waals surface area contributed by atoms with E-state index in [-0.39, 0.29) is 39.9 Å². The number of carbonyl (C=O) groups is 2. The van der Waals surface area contributed by atoms with Crippen LogP contribution in [0.15, 0.2) is 24.3 Å². The zero-order valence-corrected chi connectivity index (χ0v) is 25.7. The molecule has 1 aliphatic rings. The van der Waals surface area contributed by atoms with Gasteiger partial charge in [0.15, 0.2) is 0 Å². The summed E-state index contributed by atoms with van der Waals surface area (Å²) in [5.74, 6) is -0.273. The van der Waals surface area contributed by atoms with Crippen molar-refractivity contribution in [1.29, 1.82) is 0 Å². The minimum atomic E-state index is -2.75. The molecule has 9 nitrogen and oxygen atoms in total. The fourth-order valence-electron chi connectivity index (χ4n) is 4.68. The van der Waals surface area contributed by atoms with E-state index in [2.05, 4.69) is 20.9 Å². The van der Waals surface area contributed by atoms with Crippen molar-refractivity contribution in [3.8, 4) is 5.75 Å². The number of ether oxygens (including phenoxy) is 2. The summed E-state index contributed by atoms with van der Waals surface area (Å²) < 4.78 is 51.9. The van der Waals surface area contributed by atoms with Crippen LogP contribution >= 0.6 is 23.2 Å². The Balaban J connectivity index is 1.61. The Bertz CT molecular complexity index is 1490. The molecule has 0 aliphatic heterocycles. The number of alkyl carbamates (subject to hydrolysis) is 1. The fraction of sp³-hybridized carbons (Fsp3) is 0.483. The summed E-state index contributed by atoms with van der Waals surface area (Å²) in [4.78, 5) is 29.9. The van der Waals surface area contributed by atoms with Crippen molar-refractivity contribution in [2.24, 2.45) is 7.05 Å². The van der Waals surface area contributed by atoms with Gasteiger partial charge in [0.05, 0.1) is 32.3 Å². The number of nitrogens with one attached hydrogen (secondary N) is 3. The molecule has 0 saturated heterocycles. The third-order valence-electron chi connectivity index (χ3n) is 6.81. The van der Waals surface area contributed by atoms with Crippen molar-refractivity contribution in [2.75, 3.05) is 11.9 Å². The lowest BCUT2D eigenvalue weighted by Gasteiger charge is -2.25. The average molecular weight is 645 g/mol. The van der Waals surface area contributed by atoms with E-state index in [1.54, 1.807) is 44.5 Å². The van der Waals surface area contributed by atoms with E-state index in [0.717, 1.165) is 0 Å². The Labute approximate surface area is 257 Å². The summed E-state index contributed by atoms with van der Waals surface area (Å²) in [6.07, 6.45) is -2.60. The highest BCUT2D eigenvalue weighted by Crippen LogP contribution is 2.37. The first kappa shape index (κ1) is 32.5. The van der Waals surface area contributed by atoms with Crippen LogP contribution in [-0.2, 0) is 18.3 Å². The van der Waals surface area contributed by atoms with E-state index < -0.39 is 36.8 Å². The number of aromatic nitrogens is 2. The van der Waals surface area contributed by atoms with Gasteiger partial charge in [-0.2, -0.15) is 0 Å². The minimum Gasteiger partial charge on any atom is -0.487 e. The molecule has 14 heteroatoms. The van der Waals surface area contributed by atoms with Crippen molar-refractivity contribution in [3.05, 3.63) is 45.4 Å². The van der Waals surface area contributed by atoms with Crippen LogP contribution in [-0.4, -0.2) is 52.4 Å². The number of rotatable bonds is 9. The van der Waals surface area contributed by atoms with Crippen molar-refractivity contribution in [3.63, 3.8) is 0 Å². The lowest BCUT2D eigenvalue weighted by Crippen LogP contribution is -2.38. The van der Waals surface area contributed by atoms with Crippen LogP contribution in [0.5, 0.6) is 5.75 Å². The number of aryl methyl sites for hydroxylation is 1. The van der Waals surface area contributed by atoms with Crippen molar-refractivity contribution < 1.29 is 32.2 Å². The molecule has 1 aromatic heterocycles. The van der Waals surface area contributed by atoms with Crippen LogP contribution < -0.4 is 20.7 Å². The third-order valence-corrected chi connectivity index (χ3v) is 7.56. The molecule has 2 aromatic carbocycles. The van der Waals surface area contributed by atoms with Crippen LogP contribution in [0.2, 0.25) is 10.0 Å². The summed E-state index contributed by atoms with van der Waals surface area (Å²) in [5.41, 5.74) is 1.10. The first-order valence-corrected chi connectivity index (χ1v) is 14.5. The smallest absolute Gasteiger partial charge is 0.407 e. The number of hydrogen-bond acceptors (Lipinski definition) is 6. The monoisotopic (exact) mass is 643 g/mol. The maximum absolute atomic E-state index is 13.6. The molecule has 3 aromatic rings. The van der Waals surface area contributed by atoms with E-state index in [0.29, 0.717) is 48.0 Å². The summed E-state index contributed by atoms with van der Waals surface area (Å²) in [6, 6.07) is 5.97. The molecule has 0 bridgehead atoms. The number of hydrogen-bond donors (Lipinski definition) is 3. The lowest BCUT2D eigenvalue weighted by molar-refractivity contribution is 0.0523. The average Bonchev–Trinajstić information content (AvgIpc) is 3.23. The number of benzene rings is 2.